The number of carbonyl (C=O) groups is 1. The van der Waals surface area contributed by atoms with Crippen LogP contribution in [0, 0.1) is 0 Å². The molecular weight excluding hydrogens is 396 g/mol. The largest absolute Gasteiger partial charge is 0.494 e. The van der Waals surface area contributed by atoms with E-state index in [1.54, 1.807) is 23.7 Å². The lowest BCUT2D eigenvalue weighted by molar-refractivity contribution is -0.126. The van der Waals surface area contributed by atoms with Gasteiger partial charge in [-0.3, -0.25) is 4.79 Å². The number of amides is 1. The number of benzene rings is 1. The molecule has 154 valence electrons. The van der Waals surface area contributed by atoms with Crippen LogP contribution in [0.25, 0.3) is 17.3 Å². The molecule has 4 rings (SSSR count). The molecule has 2 aromatic heterocycles. The van der Waals surface area contributed by atoms with E-state index in [2.05, 4.69) is 14.9 Å². The van der Waals surface area contributed by atoms with Crippen LogP contribution in [0.15, 0.2) is 60.2 Å². The quantitative estimate of drug-likeness (QED) is 0.565. The predicted molar refractivity (Wildman–Crippen MR) is 121 cm³/mol. The minimum Gasteiger partial charge on any atom is -0.494 e. The zero-order valence-electron chi connectivity index (χ0n) is 16.9. The van der Waals surface area contributed by atoms with Crippen molar-refractivity contribution in [3.8, 4) is 17.0 Å². The van der Waals surface area contributed by atoms with Gasteiger partial charge in [-0.05, 0) is 48.7 Å². The highest BCUT2D eigenvalue weighted by atomic mass is 32.1. The zero-order chi connectivity index (χ0) is 20.8. The van der Waals surface area contributed by atoms with Crippen molar-refractivity contribution >= 4 is 29.1 Å². The second-order valence-electron chi connectivity index (χ2n) is 6.88. The number of hydrogen-bond acceptors (Lipinski definition) is 6. The number of rotatable bonds is 6. The van der Waals surface area contributed by atoms with Gasteiger partial charge in [0.05, 0.1) is 12.3 Å². The molecule has 0 spiro atoms. The number of anilines is 1. The molecule has 1 saturated heterocycles. The van der Waals surface area contributed by atoms with Gasteiger partial charge in [-0.1, -0.05) is 6.07 Å². The van der Waals surface area contributed by atoms with E-state index in [1.165, 1.54) is 0 Å². The maximum Gasteiger partial charge on any atom is 0.246 e. The van der Waals surface area contributed by atoms with Crippen LogP contribution < -0.4 is 9.64 Å². The summed E-state index contributed by atoms with van der Waals surface area (Å²) in [6.45, 7) is 5.47. The molecule has 3 heterocycles. The summed E-state index contributed by atoms with van der Waals surface area (Å²) < 4.78 is 5.51. The van der Waals surface area contributed by atoms with Crippen molar-refractivity contribution in [1.82, 2.24) is 14.9 Å². The highest BCUT2D eigenvalue weighted by Gasteiger charge is 2.21. The van der Waals surface area contributed by atoms with Crippen LogP contribution in [0.1, 0.15) is 11.8 Å². The van der Waals surface area contributed by atoms with Gasteiger partial charge in [0.1, 0.15) is 17.9 Å². The van der Waals surface area contributed by atoms with Crippen molar-refractivity contribution in [1.29, 1.82) is 0 Å². The summed E-state index contributed by atoms with van der Waals surface area (Å²) in [6.07, 6.45) is 5.14. The summed E-state index contributed by atoms with van der Waals surface area (Å²) in [6, 6.07) is 13.9. The summed E-state index contributed by atoms with van der Waals surface area (Å²) in [5.41, 5.74) is 1.90. The molecular formula is C23H24N4O2S. The molecule has 0 aliphatic carbocycles. The third-order valence-corrected chi connectivity index (χ3v) is 5.80. The van der Waals surface area contributed by atoms with Gasteiger partial charge in [0.25, 0.3) is 0 Å². The van der Waals surface area contributed by atoms with Gasteiger partial charge in [0.2, 0.25) is 5.91 Å². The first-order valence-electron chi connectivity index (χ1n) is 10.0. The van der Waals surface area contributed by atoms with Gasteiger partial charge in [-0.25, -0.2) is 9.97 Å². The molecule has 0 bridgehead atoms. The third kappa shape index (κ3) is 4.86. The number of aromatic nitrogens is 2. The van der Waals surface area contributed by atoms with E-state index < -0.39 is 0 Å². The highest BCUT2D eigenvalue weighted by Crippen LogP contribution is 2.24. The van der Waals surface area contributed by atoms with Crippen molar-refractivity contribution in [2.24, 2.45) is 0 Å². The molecule has 1 aliphatic heterocycles. The third-order valence-electron chi connectivity index (χ3n) is 4.96. The summed E-state index contributed by atoms with van der Waals surface area (Å²) in [7, 11) is 0. The van der Waals surface area contributed by atoms with E-state index in [1.807, 2.05) is 65.7 Å². The van der Waals surface area contributed by atoms with Gasteiger partial charge in [-0.2, -0.15) is 0 Å². The average Bonchev–Trinajstić information content (AvgIpc) is 3.32. The van der Waals surface area contributed by atoms with Crippen molar-refractivity contribution in [3.05, 3.63) is 65.1 Å². The number of nitrogens with zero attached hydrogens (tertiary/aromatic N) is 4. The van der Waals surface area contributed by atoms with Gasteiger partial charge in [0, 0.05) is 48.8 Å². The molecule has 0 unspecified atom stereocenters. The normalized spacial score (nSPS) is 14.3. The fraction of sp³-hybridized carbons (Fsp3) is 0.261. The van der Waals surface area contributed by atoms with E-state index in [9.17, 15) is 4.79 Å². The lowest BCUT2D eigenvalue weighted by Gasteiger charge is -2.35. The SMILES string of the molecule is CCOc1ccc(-c2cc(N3CCN(C(=O)/C=C\c4cccs4)CC3)ncn2)cc1. The zero-order valence-corrected chi connectivity index (χ0v) is 17.7. The fourth-order valence-electron chi connectivity index (χ4n) is 3.37. The predicted octanol–water partition coefficient (Wildman–Crippen LogP) is 3.97. The van der Waals surface area contributed by atoms with Crippen molar-refractivity contribution < 1.29 is 9.53 Å². The Morgan fingerprint density at radius 1 is 1.13 bits per heavy atom. The van der Waals surface area contributed by atoms with E-state index >= 15 is 0 Å². The first-order valence-corrected chi connectivity index (χ1v) is 10.9. The fourth-order valence-corrected chi connectivity index (χ4v) is 3.99. The van der Waals surface area contributed by atoms with Gasteiger partial charge >= 0.3 is 0 Å². The molecule has 0 radical (unpaired) electrons. The summed E-state index contributed by atoms with van der Waals surface area (Å²) in [5, 5.41) is 2.01. The standard InChI is InChI=1S/C23H24N4O2S/c1-2-29-19-7-5-18(6-8-19)21-16-22(25-17-24-21)26-11-13-27(14-12-26)23(28)10-9-20-4-3-15-30-20/h3-10,15-17H,2,11-14H2,1H3/b10-9-. The molecule has 0 saturated carbocycles. The van der Waals surface area contributed by atoms with Gasteiger partial charge in [0.15, 0.2) is 0 Å². The van der Waals surface area contributed by atoms with E-state index in [0.717, 1.165) is 40.8 Å². The Morgan fingerprint density at radius 2 is 1.93 bits per heavy atom. The number of piperazine rings is 1. The number of ether oxygens (including phenoxy) is 1. The summed E-state index contributed by atoms with van der Waals surface area (Å²) in [4.78, 5) is 26.5. The van der Waals surface area contributed by atoms with Crippen LogP contribution in [0.2, 0.25) is 0 Å². The van der Waals surface area contributed by atoms with Gasteiger partial charge < -0.3 is 14.5 Å². The van der Waals surface area contributed by atoms with E-state index in [4.69, 9.17) is 4.74 Å². The molecule has 0 N–H and O–H groups in total. The molecule has 0 atom stereocenters. The van der Waals surface area contributed by atoms with Crippen LogP contribution >= 0.6 is 11.3 Å². The Morgan fingerprint density at radius 3 is 2.63 bits per heavy atom. The summed E-state index contributed by atoms with van der Waals surface area (Å²) in [5.74, 6) is 1.79. The minimum absolute atomic E-state index is 0.0563. The molecule has 3 aromatic rings. The lowest BCUT2D eigenvalue weighted by atomic mass is 10.1. The summed E-state index contributed by atoms with van der Waals surface area (Å²) >= 11 is 1.62. The van der Waals surface area contributed by atoms with Crippen LogP contribution in [0.4, 0.5) is 5.82 Å². The number of hydrogen-bond donors (Lipinski definition) is 0. The molecule has 1 aliphatic rings. The number of thiophene rings is 1. The Kier molecular flexibility index (Phi) is 6.39. The Bertz CT molecular complexity index is 994. The van der Waals surface area contributed by atoms with E-state index in [-0.39, 0.29) is 5.91 Å². The highest BCUT2D eigenvalue weighted by molar-refractivity contribution is 7.10. The molecule has 1 fully saturated rings. The molecule has 6 nitrogen and oxygen atoms in total. The lowest BCUT2D eigenvalue weighted by Crippen LogP contribution is -2.48. The monoisotopic (exact) mass is 420 g/mol. The Balaban J connectivity index is 1.37. The Hall–Kier alpha value is -3.19. The maximum atomic E-state index is 12.4. The number of carbonyl (C=O) groups excluding carboxylic acids is 1. The topological polar surface area (TPSA) is 58.6 Å². The molecule has 7 heteroatoms. The molecule has 30 heavy (non-hydrogen) atoms. The van der Waals surface area contributed by atoms with Crippen molar-refractivity contribution in [2.45, 2.75) is 6.92 Å². The van der Waals surface area contributed by atoms with E-state index in [0.29, 0.717) is 19.7 Å². The average molecular weight is 421 g/mol. The van der Waals surface area contributed by atoms with Crippen molar-refractivity contribution in [3.63, 3.8) is 0 Å². The Labute approximate surface area is 180 Å². The van der Waals surface area contributed by atoms with Gasteiger partial charge in [-0.15, -0.1) is 11.3 Å². The second kappa shape index (κ2) is 9.54. The van der Waals surface area contributed by atoms with Crippen LogP contribution in [0.3, 0.4) is 0 Å². The first kappa shape index (κ1) is 20.1. The van der Waals surface area contributed by atoms with Crippen LogP contribution in [0.5, 0.6) is 5.75 Å². The molecule has 1 aromatic carbocycles. The second-order valence-corrected chi connectivity index (χ2v) is 7.86. The van der Waals surface area contributed by atoms with Crippen LogP contribution in [-0.4, -0.2) is 53.6 Å². The van der Waals surface area contributed by atoms with Crippen molar-refractivity contribution in [2.75, 3.05) is 37.7 Å². The minimum atomic E-state index is 0.0563. The maximum absolute atomic E-state index is 12.4. The first-order chi connectivity index (χ1) is 14.7. The van der Waals surface area contributed by atoms with Crippen LogP contribution in [-0.2, 0) is 4.79 Å². The molecule has 1 amide bonds. The smallest absolute Gasteiger partial charge is 0.246 e.